The van der Waals surface area contributed by atoms with Gasteiger partial charge < -0.3 is 15.5 Å². The fourth-order valence-electron chi connectivity index (χ4n) is 2.31. The van der Waals surface area contributed by atoms with Gasteiger partial charge in [0.2, 0.25) is 0 Å². The van der Waals surface area contributed by atoms with E-state index in [1.54, 1.807) is 11.3 Å². The van der Waals surface area contributed by atoms with Gasteiger partial charge in [-0.2, -0.15) is 0 Å². The van der Waals surface area contributed by atoms with Gasteiger partial charge in [0.1, 0.15) is 0 Å². The van der Waals surface area contributed by atoms with Crippen LogP contribution in [0.4, 0.5) is 5.13 Å². The normalized spacial score (nSPS) is 21.9. The molecule has 0 bridgehead atoms. The molecule has 0 saturated carbocycles. The Balaban J connectivity index is 2.18. The summed E-state index contributed by atoms with van der Waals surface area (Å²) in [7, 11) is 2.19. The SMILES string of the molecule is CC(C)c1nc(N2CCN(C)C(C)C2)sc1CN. The molecule has 2 rings (SSSR count). The lowest BCUT2D eigenvalue weighted by atomic mass is 10.1. The van der Waals surface area contributed by atoms with Gasteiger partial charge in [-0.1, -0.05) is 13.8 Å². The first-order valence-corrected chi connectivity index (χ1v) is 7.49. The van der Waals surface area contributed by atoms with Gasteiger partial charge in [0.15, 0.2) is 5.13 Å². The lowest BCUT2D eigenvalue weighted by Gasteiger charge is -2.37. The Bertz CT molecular complexity index is 402. The zero-order valence-electron chi connectivity index (χ0n) is 11.8. The molecule has 1 aliphatic rings. The largest absolute Gasteiger partial charge is 0.345 e. The van der Waals surface area contributed by atoms with E-state index in [0.717, 1.165) is 24.8 Å². The van der Waals surface area contributed by atoms with Crippen LogP contribution in [-0.4, -0.2) is 42.6 Å². The summed E-state index contributed by atoms with van der Waals surface area (Å²) < 4.78 is 0. The van der Waals surface area contributed by atoms with E-state index in [9.17, 15) is 0 Å². The average Bonchev–Trinajstić information content (AvgIpc) is 2.77. The highest BCUT2D eigenvalue weighted by molar-refractivity contribution is 7.15. The highest BCUT2D eigenvalue weighted by atomic mass is 32.1. The van der Waals surface area contributed by atoms with Crippen LogP contribution in [0.25, 0.3) is 0 Å². The summed E-state index contributed by atoms with van der Waals surface area (Å²) in [5, 5.41) is 1.15. The lowest BCUT2D eigenvalue weighted by Crippen LogP contribution is -2.50. The summed E-state index contributed by atoms with van der Waals surface area (Å²) in [4.78, 5) is 10.9. The van der Waals surface area contributed by atoms with Gasteiger partial charge in [0, 0.05) is 37.1 Å². The van der Waals surface area contributed by atoms with Crippen molar-refractivity contribution in [2.75, 3.05) is 31.6 Å². The van der Waals surface area contributed by atoms with Crippen LogP contribution in [0.2, 0.25) is 0 Å². The molecule has 4 nitrogen and oxygen atoms in total. The second-order valence-corrected chi connectivity index (χ2v) is 6.50. The third-order valence-electron chi connectivity index (χ3n) is 3.68. The number of hydrogen-bond donors (Lipinski definition) is 1. The summed E-state index contributed by atoms with van der Waals surface area (Å²) >= 11 is 1.77. The summed E-state index contributed by atoms with van der Waals surface area (Å²) in [6.07, 6.45) is 0. The Labute approximate surface area is 114 Å². The van der Waals surface area contributed by atoms with Crippen LogP contribution in [-0.2, 0) is 6.54 Å². The molecule has 0 aliphatic carbocycles. The Morgan fingerprint density at radius 1 is 1.44 bits per heavy atom. The minimum atomic E-state index is 0.457. The third-order valence-corrected chi connectivity index (χ3v) is 4.83. The summed E-state index contributed by atoms with van der Waals surface area (Å²) in [5.74, 6) is 0.457. The van der Waals surface area contributed by atoms with Crippen LogP contribution in [0.3, 0.4) is 0 Å². The second kappa shape index (κ2) is 5.55. The highest BCUT2D eigenvalue weighted by Gasteiger charge is 2.24. The number of hydrogen-bond acceptors (Lipinski definition) is 5. The number of nitrogens with two attached hydrogens (primary N) is 1. The Hall–Kier alpha value is -0.650. The Morgan fingerprint density at radius 2 is 2.17 bits per heavy atom. The van der Waals surface area contributed by atoms with Crippen molar-refractivity contribution >= 4 is 16.5 Å². The molecular formula is C13H24N4S. The first kappa shape index (κ1) is 13.8. The molecule has 0 spiro atoms. The van der Waals surface area contributed by atoms with Gasteiger partial charge in [-0.25, -0.2) is 4.98 Å². The molecule has 1 fully saturated rings. The molecule has 1 unspecified atom stereocenters. The number of aromatic nitrogens is 1. The maximum atomic E-state index is 5.82. The highest BCUT2D eigenvalue weighted by Crippen LogP contribution is 2.31. The monoisotopic (exact) mass is 268 g/mol. The first-order valence-electron chi connectivity index (χ1n) is 6.67. The van der Waals surface area contributed by atoms with Crippen molar-refractivity contribution in [1.29, 1.82) is 0 Å². The number of likely N-dealkylation sites (N-methyl/N-ethyl adjacent to an activating group) is 1. The van der Waals surface area contributed by atoms with Crippen LogP contribution < -0.4 is 10.6 Å². The summed E-state index contributed by atoms with van der Waals surface area (Å²) in [6, 6.07) is 0.589. The number of rotatable bonds is 3. The molecule has 5 heteroatoms. The van der Waals surface area contributed by atoms with Crippen LogP contribution in [0, 0.1) is 0 Å². The van der Waals surface area contributed by atoms with Gasteiger partial charge in [0.05, 0.1) is 5.69 Å². The fourth-order valence-corrected chi connectivity index (χ4v) is 3.43. The van der Waals surface area contributed by atoms with Gasteiger partial charge >= 0.3 is 0 Å². The summed E-state index contributed by atoms with van der Waals surface area (Å²) in [6.45, 7) is 10.5. The predicted octanol–water partition coefficient (Wildman–Crippen LogP) is 1.87. The van der Waals surface area contributed by atoms with Crippen molar-refractivity contribution in [3.05, 3.63) is 10.6 Å². The quantitative estimate of drug-likeness (QED) is 0.909. The van der Waals surface area contributed by atoms with Crippen molar-refractivity contribution < 1.29 is 0 Å². The molecule has 18 heavy (non-hydrogen) atoms. The Kier molecular flexibility index (Phi) is 4.25. The summed E-state index contributed by atoms with van der Waals surface area (Å²) in [5.41, 5.74) is 7.01. The van der Waals surface area contributed by atoms with Gasteiger partial charge in [0.25, 0.3) is 0 Å². The van der Waals surface area contributed by atoms with E-state index in [-0.39, 0.29) is 0 Å². The minimum absolute atomic E-state index is 0.457. The number of nitrogens with zero attached hydrogens (tertiary/aromatic N) is 3. The molecule has 2 heterocycles. The van der Waals surface area contributed by atoms with Crippen molar-refractivity contribution in [3.8, 4) is 0 Å². The molecular weight excluding hydrogens is 244 g/mol. The van der Waals surface area contributed by atoms with E-state index >= 15 is 0 Å². The number of piperazine rings is 1. The van der Waals surface area contributed by atoms with Gasteiger partial charge in [-0.05, 0) is 19.9 Å². The number of thiazole rings is 1. The first-order chi connectivity index (χ1) is 8.52. The molecule has 0 amide bonds. The number of anilines is 1. The van der Waals surface area contributed by atoms with Crippen LogP contribution in [0.5, 0.6) is 0 Å². The zero-order valence-corrected chi connectivity index (χ0v) is 12.6. The molecule has 0 radical (unpaired) electrons. The molecule has 1 saturated heterocycles. The molecule has 2 N–H and O–H groups in total. The smallest absolute Gasteiger partial charge is 0.185 e. The molecule has 1 aliphatic heterocycles. The third kappa shape index (κ3) is 2.68. The van der Waals surface area contributed by atoms with Crippen LogP contribution in [0.15, 0.2) is 0 Å². The van der Waals surface area contributed by atoms with E-state index < -0.39 is 0 Å². The van der Waals surface area contributed by atoms with E-state index in [1.165, 1.54) is 10.6 Å². The standard InChI is InChI=1S/C13H24N4S/c1-9(2)12-11(7-14)18-13(15-12)17-6-5-16(4)10(3)8-17/h9-10H,5-8,14H2,1-4H3. The molecule has 1 atom stereocenters. The average molecular weight is 268 g/mol. The molecule has 1 aromatic heterocycles. The minimum Gasteiger partial charge on any atom is -0.345 e. The van der Waals surface area contributed by atoms with E-state index in [4.69, 9.17) is 10.7 Å². The van der Waals surface area contributed by atoms with Crippen molar-refractivity contribution in [1.82, 2.24) is 9.88 Å². The van der Waals surface area contributed by atoms with Gasteiger partial charge in [-0.3, -0.25) is 0 Å². The van der Waals surface area contributed by atoms with Crippen molar-refractivity contribution in [2.24, 2.45) is 5.73 Å². The second-order valence-electron chi connectivity index (χ2n) is 5.44. The maximum Gasteiger partial charge on any atom is 0.185 e. The zero-order chi connectivity index (χ0) is 13.3. The molecule has 1 aromatic rings. The van der Waals surface area contributed by atoms with E-state index in [2.05, 4.69) is 37.6 Å². The van der Waals surface area contributed by atoms with Crippen LogP contribution >= 0.6 is 11.3 Å². The van der Waals surface area contributed by atoms with Crippen LogP contribution in [0.1, 0.15) is 37.3 Å². The van der Waals surface area contributed by atoms with Gasteiger partial charge in [-0.15, -0.1) is 11.3 Å². The van der Waals surface area contributed by atoms with Crippen molar-refractivity contribution in [3.63, 3.8) is 0 Å². The molecule has 0 aromatic carbocycles. The van der Waals surface area contributed by atoms with E-state index in [1.807, 2.05) is 0 Å². The topological polar surface area (TPSA) is 45.4 Å². The van der Waals surface area contributed by atoms with Crippen molar-refractivity contribution in [2.45, 2.75) is 39.3 Å². The Morgan fingerprint density at radius 3 is 2.67 bits per heavy atom. The lowest BCUT2D eigenvalue weighted by molar-refractivity contribution is 0.234. The maximum absolute atomic E-state index is 5.82. The van der Waals surface area contributed by atoms with E-state index in [0.29, 0.717) is 18.5 Å². The fraction of sp³-hybridized carbons (Fsp3) is 0.769. The predicted molar refractivity (Wildman–Crippen MR) is 78.4 cm³/mol. The molecule has 102 valence electrons.